The number of thiocarbonyl (C=S) groups is 1. The topological polar surface area (TPSA) is 63.5 Å². The molecular weight excluding hydrogens is 316 g/mol. The number of rotatable bonds is 5. The Morgan fingerprint density at radius 1 is 1.29 bits per heavy atom. The van der Waals surface area contributed by atoms with Gasteiger partial charge in [0.15, 0.2) is 5.11 Å². The van der Waals surface area contributed by atoms with Gasteiger partial charge in [0.1, 0.15) is 11.5 Å². The zero-order chi connectivity index (χ0) is 15.2. The number of thioether (sulfide) groups is 1. The largest absolute Gasteiger partial charge is 0.455 e. The van der Waals surface area contributed by atoms with E-state index in [0.29, 0.717) is 28.2 Å². The minimum absolute atomic E-state index is 0.0603. The van der Waals surface area contributed by atoms with Crippen molar-refractivity contribution in [2.24, 2.45) is 10.8 Å². The molecule has 110 valence electrons. The summed E-state index contributed by atoms with van der Waals surface area (Å²) in [4.78, 5) is 0.503. The van der Waals surface area contributed by atoms with E-state index in [4.69, 9.17) is 10.2 Å². The van der Waals surface area contributed by atoms with E-state index in [1.807, 2.05) is 0 Å². The molecule has 8 heteroatoms. The van der Waals surface area contributed by atoms with Crippen molar-refractivity contribution >= 4 is 35.3 Å². The number of nitrogens with zero attached hydrogens (tertiary/aromatic N) is 1. The number of hydrogen-bond acceptors (Lipinski definition) is 4. The van der Waals surface area contributed by atoms with Gasteiger partial charge < -0.3 is 10.2 Å². The summed E-state index contributed by atoms with van der Waals surface area (Å²) in [6.07, 6.45) is 1.43. The fraction of sp³-hybridized carbons (Fsp3) is 0.0769. The maximum absolute atomic E-state index is 12.2. The number of alkyl halides is 2. The number of nitrogens with two attached hydrogens (primary N) is 1. The molecule has 0 aliphatic rings. The molecule has 0 radical (unpaired) electrons. The van der Waals surface area contributed by atoms with Gasteiger partial charge in [0.05, 0.1) is 6.21 Å². The zero-order valence-electron chi connectivity index (χ0n) is 10.6. The molecule has 0 aliphatic carbocycles. The third-order valence-electron chi connectivity index (χ3n) is 2.36. The van der Waals surface area contributed by atoms with Crippen molar-refractivity contribution in [2.75, 3.05) is 0 Å². The Balaban J connectivity index is 2.07. The Labute approximate surface area is 129 Å². The van der Waals surface area contributed by atoms with Gasteiger partial charge in [-0.2, -0.15) is 13.9 Å². The first-order chi connectivity index (χ1) is 10.0. The van der Waals surface area contributed by atoms with Gasteiger partial charge in [-0.05, 0) is 36.5 Å². The van der Waals surface area contributed by atoms with Crippen LogP contribution in [0.4, 0.5) is 8.78 Å². The van der Waals surface area contributed by atoms with Gasteiger partial charge in [0.25, 0.3) is 5.76 Å². The second-order valence-corrected chi connectivity index (χ2v) is 5.34. The van der Waals surface area contributed by atoms with E-state index in [-0.39, 0.29) is 5.11 Å². The van der Waals surface area contributed by atoms with E-state index >= 15 is 0 Å². The molecule has 2 rings (SSSR count). The van der Waals surface area contributed by atoms with Crippen LogP contribution in [-0.2, 0) is 0 Å². The molecule has 3 N–H and O–H groups in total. The van der Waals surface area contributed by atoms with Gasteiger partial charge in [-0.1, -0.05) is 23.9 Å². The molecule has 1 heterocycles. The first-order valence-electron chi connectivity index (χ1n) is 5.78. The molecule has 0 fully saturated rings. The molecule has 0 unspecified atom stereocenters. The molecule has 21 heavy (non-hydrogen) atoms. The van der Waals surface area contributed by atoms with Gasteiger partial charge in [0.2, 0.25) is 0 Å². The summed E-state index contributed by atoms with van der Waals surface area (Å²) in [7, 11) is 0. The number of hydrazone groups is 1. The van der Waals surface area contributed by atoms with Crippen molar-refractivity contribution < 1.29 is 13.2 Å². The lowest BCUT2D eigenvalue weighted by molar-refractivity contribution is 0.252. The fourth-order valence-electron chi connectivity index (χ4n) is 1.54. The summed E-state index contributed by atoms with van der Waals surface area (Å²) in [6.45, 7) is 0. The minimum Gasteiger partial charge on any atom is -0.455 e. The Morgan fingerprint density at radius 3 is 2.62 bits per heavy atom. The van der Waals surface area contributed by atoms with Crippen LogP contribution >= 0.6 is 24.0 Å². The highest BCUT2D eigenvalue weighted by atomic mass is 32.2. The highest BCUT2D eigenvalue weighted by Crippen LogP contribution is 2.28. The second kappa shape index (κ2) is 7.19. The van der Waals surface area contributed by atoms with E-state index in [1.54, 1.807) is 36.4 Å². The SMILES string of the molecule is NC(=S)N/N=C/c1ccc(-c2ccc(SC(F)F)cc2)o1. The third kappa shape index (κ3) is 4.83. The van der Waals surface area contributed by atoms with E-state index in [9.17, 15) is 8.78 Å². The molecule has 0 amide bonds. The molecule has 4 nitrogen and oxygen atoms in total. The average Bonchev–Trinajstić information content (AvgIpc) is 2.87. The van der Waals surface area contributed by atoms with Gasteiger partial charge in [-0.3, -0.25) is 5.43 Å². The van der Waals surface area contributed by atoms with Crippen LogP contribution in [0, 0.1) is 0 Å². The van der Waals surface area contributed by atoms with Crippen molar-refractivity contribution in [3.05, 3.63) is 42.2 Å². The standard InChI is InChI=1S/C13H11F2N3OS2/c14-12(15)21-10-4-1-8(2-5-10)11-6-3-9(19-11)7-17-18-13(16)20/h1-7,12H,(H3,16,18,20)/b17-7+. The normalized spacial score (nSPS) is 11.2. The Morgan fingerprint density at radius 2 is 2.00 bits per heavy atom. The van der Waals surface area contributed by atoms with Crippen molar-refractivity contribution in [1.29, 1.82) is 0 Å². The van der Waals surface area contributed by atoms with Crippen molar-refractivity contribution in [3.63, 3.8) is 0 Å². The van der Waals surface area contributed by atoms with Crippen molar-refractivity contribution in [1.82, 2.24) is 5.43 Å². The van der Waals surface area contributed by atoms with Crippen LogP contribution < -0.4 is 11.2 Å². The summed E-state index contributed by atoms with van der Waals surface area (Å²) in [6, 6.07) is 10.2. The minimum atomic E-state index is -2.43. The maximum atomic E-state index is 12.2. The second-order valence-electron chi connectivity index (χ2n) is 3.84. The molecule has 0 aliphatic heterocycles. The van der Waals surface area contributed by atoms with Gasteiger partial charge in [-0.15, -0.1) is 0 Å². The fourth-order valence-corrected chi connectivity index (χ4v) is 2.09. The van der Waals surface area contributed by atoms with Crippen LogP contribution in [0.3, 0.4) is 0 Å². The van der Waals surface area contributed by atoms with Crippen LogP contribution in [-0.4, -0.2) is 17.1 Å². The van der Waals surface area contributed by atoms with E-state index < -0.39 is 5.76 Å². The number of nitrogens with one attached hydrogen (secondary N) is 1. The average molecular weight is 327 g/mol. The highest BCUT2D eigenvalue weighted by molar-refractivity contribution is 7.99. The Bertz CT molecular complexity index is 641. The highest BCUT2D eigenvalue weighted by Gasteiger charge is 2.07. The Kier molecular flexibility index (Phi) is 5.29. The smallest absolute Gasteiger partial charge is 0.288 e. The molecule has 0 bridgehead atoms. The summed E-state index contributed by atoms with van der Waals surface area (Å²) in [5.41, 5.74) is 8.42. The van der Waals surface area contributed by atoms with Crippen LogP contribution in [0.2, 0.25) is 0 Å². The zero-order valence-corrected chi connectivity index (χ0v) is 12.3. The number of halogens is 2. The molecule has 0 atom stereocenters. The first-order valence-corrected chi connectivity index (χ1v) is 7.07. The third-order valence-corrected chi connectivity index (χ3v) is 3.17. The quantitative estimate of drug-likeness (QED) is 0.381. The summed E-state index contributed by atoms with van der Waals surface area (Å²) in [5.74, 6) is -1.30. The van der Waals surface area contributed by atoms with Crippen LogP contribution in [0.1, 0.15) is 5.76 Å². The number of benzene rings is 1. The van der Waals surface area contributed by atoms with Gasteiger partial charge in [0, 0.05) is 10.5 Å². The monoisotopic (exact) mass is 327 g/mol. The number of hydrogen-bond donors (Lipinski definition) is 2. The van der Waals surface area contributed by atoms with Gasteiger partial charge in [-0.25, -0.2) is 0 Å². The van der Waals surface area contributed by atoms with Crippen LogP contribution in [0.5, 0.6) is 0 Å². The lowest BCUT2D eigenvalue weighted by Crippen LogP contribution is -2.23. The van der Waals surface area contributed by atoms with Crippen molar-refractivity contribution in [2.45, 2.75) is 10.7 Å². The van der Waals surface area contributed by atoms with E-state index in [2.05, 4.69) is 22.7 Å². The summed E-state index contributed by atoms with van der Waals surface area (Å²) >= 11 is 5.11. The predicted octanol–water partition coefficient (Wildman–Crippen LogP) is 3.43. The molecule has 0 saturated heterocycles. The molecular formula is C13H11F2N3OS2. The van der Waals surface area contributed by atoms with Crippen LogP contribution in [0.15, 0.2) is 50.8 Å². The first kappa shape index (κ1) is 15.5. The summed E-state index contributed by atoms with van der Waals surface area (Å²) in [5, 5.41) is 3.83. The molecule has 0 saturated carbocycles. The summed E-state index contributed by atoms with van der Waals surface area (Å²) < 4.78 is 30.0. The van der Waals surface area contributed by atoms with E-state index in [0.717, 1.165) is 5.56 Å². The molecule has 2 aromatic rings. The number of furan rings is 1. The maximum Gasteiger partial charge on any atom is 0.288 e. The lowest BCUT2D eigenvalue weighted by Gasteiger charge is -2.01. The molecule has 1 aromatic carbocycles. The van der Waals surface area contributed by atoms with E-state index in [1.165, 1.54) is 6.21 Å². The van der Waals surface area contributed by atoms with Crippen molar-refractivity contribution in [3.8, 4) is 11.3 Å². The molecule has 0 spiro atoms. The Hall–Kier alpha value is -1.93. The van der Waals surface area contributed by atoms with Crippen LogP contribution in [0.25, 0.3) is 11.3 Å². The lowest BCUT2D eigenvalue weighted by atomic mass is 10.2. The van der Waals surface area contributed by atoms with Gasteiger partial charge >= 0.3 is 0 Å². The predicted molar refractivity (Wildman–Crippen MR) is 83.5 cm³/mol. The molecule has 1 aromatic heterocycles.